The lowest BCUT2D eigenvalue weighted by molar-refractivity contribution is 0.0773. The van der Waals surface area contributed by atoms with E-state index in [1.807, 2.05) is 0 Å². The fourth-order valence-corrected chi connectivity index (χ4v) is 2.19. The molecule has 1 amide bonds. The zero-order valence-electron chi connectivity index (χ0n) is 10.5. The molecule has 18 heavy (non-hydrogen) atoms. The zero-order valence-corrected chi connectivity index (χ0v) is 11.3. The molecule has 1 aromatic heterocycles. The third-order valence-corrected chi connectivity index (χ3v) is 3.33. The maximum Gasteiger partial charge on any atom is 0.263 e. The van der Waals surface area contributed by atoms with Crippen LogP contribution in [0.15, 0.2) is 12.1 Å². The Morgan fingerprint density at radius 2 is 2.28 bits per heavy atom. The number of amides is 1. The van der Waals surface area contributed by atoms with Crippen molar-refractivity contribution in [3.8, 4) is 11.8 Å². The van der Waals surface area contributed by atoms with E-state index in [1.54, 1.807) is 31.0 Å². The molecule has 0 saturated heterocycles. The van der Waals surface area contributed by atoms with E-state index in [4.69, 9.17) is 5.11 Å². The Balaban J connectivity index is 2.63. The van der Waals surface area contributed by atoms with Crippen LogP contribution in [0.1, 0.15) is 27.9 Å². The number of rotatable bonds is 4. The van der Waals surface area contributed by atoms with E-state index in [2.05, 4.69) is 11.8 Å². The fraction of sp³-hybridized carbons (Fsp3) is 0.462. The van der Waals surface area contributed by atoms with Gasteiger partial charge in [-0.15, -0.1) is 11.3 Å². The van der Waals surface area contributed by atoms with Gasteiger partial charge >= 0.3 is 0 Å². The molecule has 0 fully saturated rings. The lowest BCUT2D eigenvalue weighted by atomic mass is 10.2. The van der Waals surface area contributed by atoms with Crippen molar-refractivity contribution in [2.75, 3.05) is 20.2 Å². The van der Waals surface area contributed by atoms with E-state index in [0.29, 0.717) is 17.8 Å². The lowest BCUT2D eigenvalue weighted by Gasteiger charge is -2.16. The van der Waals surface area contributed by atoms with Gasteiger partial charge in [0.25, 0.3) is 5.91 Å². The molecule has 0 aromatic carbocycles. The summed E-state index contributed by atoms with van der Waals surface area (Å²) in [5.41, 5.74) is 0. The maximum absolute atomic E-state index is 12.0. The predicted molar refractivity (Wildman–Crippen MR) is 71.5 cm³/mol. The Labute approximate surface area is 111 Å². The third kappa shape index (κ3) is 4.49. The highest BCUT2D eigenvalue weighted by atomic mass is 32.1. The Morgan fingerprint density at radius 1 is 1.56 bits per heavy atom. The number of nitrogens with zero attached hydrogens (tertiary/aromatic N) is 1. The van der Waals surface area contributed by atoms with E-state index in [9.17, 15) is 9.90 Å². The van der Waals surface area contributed by atoms with Gasteiger partial charge in [0.15, 0.2) is 0 Å². The number of hydrogen-bond donors (Lipinski definition) is 2. The Hall–Kier alpha value is -1.35. The molecule has 0 aliphatic carbocycles. The average Bonchev–Trinajstić information content (AvgIpc) is 2.81. The lowest BCUT2D eigenvalue weighted by Crippen LogP contribution is -2.28. The second kappa shape index (κ2) is 7.17. The van der Waals surface area contributed by atoms with Crippen LogP contribution in [0.25, 0.3) is 0 Å². The van der Waals surface area contributed by atoms with E-state index >= 15 is 0 Å². The first-order chi connectivity index (χ1) is 8.54. The van der Waals surface area contributed by atoms with Crippen molar-refractivity contribution in [1.82, 2.24) is 4.90 Å². The van der Waals surface area contributed by atoms with Crippen molar-refractivity contribution in [1.29, 1.82) is 0 Å². The second-order valence-electron chi connectivity index (χ2n) is 3.99. The minimum absolute atomic E-state index is 0.0716. The van der Waals surface area contributed by atoms with Crippen molar-refractivity contribution in [2.24, 2.45) is 0 Å². The number of carbonyl (C=O) groups excluding carboxylic acids is 1. The number of aliphatic hydroxyl groups excluding tert-OH is 2. The van der Waals surface area contributed by atoms with Crippen molar-refractivity contribution in [3.05, 3.63) is 21.9 Å². The average molecular weight is 267 g/mol. The molecule has 1 atom stereocenters. The largest absolute Gasteiger partial charge is 0.393 e. The molecule has 0 bridgehead atoms. The smallest absolute Gasteiger partial charge is 0.263 e. The number of carbonyl (C=O) groups is 1. The molecule has 0 spiro atoms. The van der Waals surface area contributed by atoms with Gasteiger partial charge in [0.2, 0.25) is 0 Å². The summed E-state index contributed by atoms with van der Waals surface area (Å²) in [6.45, 7) is 2.04. The number of hydrogen-bond acceptors (Lipinski definition) is 4. The standard InChI is InChI=1S/C13H17NO3S/c1-10(16)7-8-14(2)13(17)12-6-5-11(18-12)4-3-9-15/h5-6,10,15-16H,7-9H2,1-2H3. The molecule has 1 unspecified atom stereocenters. The van der Waals surface area contributed by atoms with Crippen molar-refractivity contribution >= 4 is 17.2 Å². The summed E-state index contributed by atoms with van der Waals surface area (Å²) in [6.07, 6.45) is 0.153. The normalized spacial score (nSPS) is 11.6. The highest BCUT2D eigenvalue weighted by Gasteiger charge is 2.14. The van der Waals surface area contributed by atoms with Gasteiger partial charge in [-0.05, 0) is 25.5 Å². The molecule has 4 nitrogen and oxygen atoms in total. The molecule has 1 rings (SSSR count). The van der Waals surface area contributed by atoms with Crippen LogP contribution in [-0.2, 0) is 0 Å². The van der Waals surface area contributed by atoms with Gasteiger partial charge in [0.1, 0.15) is 6.61 Å². The summed E-state index contributed by atoms with van der Waals surface area (Å²) in [4.78, 5) is 15.0. The van der Waals surface area contributed by atoms with Crippen molar-refractivity contribution in [2.45, 2.75) is 19.4 Å². The molecule has 0 saturated carbocycles. The van der Waals surface area contributed by atoms with Gasteiger partial charge in [-0.1, -0.05) is 11.8 Å². The zero-order chi connectivity index (χ0) is 13.5. The molecular formula is C13H17NO3S. The van der Waals surface area contributed by atoms with Crippen LogP contribution in [0.2, 0.25) is 0 Å². The first-order valence-electron chi connectivity index (χ1n) is 5.67. The van der Waals surface area contributed by atoms with Crippen LogP contribution in [-0.4, -0.2) is 47.3 Å². The molecule has 0 aliphatic heterocycles. The van der Waals surface area contributed by atoms with Gasteiger partial charge in [-0.25, -0.2) is 0 Å². The van der Waals surface area contributed by atoms with Crippen LogP contribution in [0.3, 0.4) is 0 Å². The van der Waals surface area contributed by atoms with Gasteiger partial charge < -0.3 is 15.1 Å². The van der Waals surface area contributed by atoms with E-state index in [-0.39, 0.29) is 12.5 Å². The summed E-state index contributed by atoms with van der Waals surface area (Å²) in [5, 5.41) is 17.8. The summed E-state index contributed by atoms with van der Waals surface area (Å²) in [7, 11) is 1.71. The molecule has 2 N–H and O–H groups in total. The first kappa shape index (κ1) is 14.7. The third-order valence-electron chi connectivity index (χ3n) is 2.34. The summed E-state index contributed by atoms with van der Waals surface area (Å²) < 4.78 is 0. The quantitative estimate of drug-likeness (QED) is 0.798. The summed E-state index contributed by atoms with van der Waals surface area (Å²) >= 11 is 1.31. The molecular weight excluding hydrogens is 250 g/mol. The monoisotopic (exact) mass is 267 g/mol. The molecule has 5 heteroatoms. The van der Waals surface area contributed by atoms with Crippen LogP contribution < -0.4 is 0 Å². The van der Waals surface area contributed by atoms with Crippen LogP contribution in [0, 0.1) is 11.8 Å². The number of thiophene rings is 1. The minimum Gasteiger partial charge on any atom is -0.393 e. The molecule has 0 radical (unpaired) electrons. The van der Waals surface area contributed by atoms with Gasteiger partial charge in [0.05, 0.1) is 15.9 Å². The Bertz CT molecular complexity index is 456. The minimum atomic E-state index is -0.408. The summed E-state index contributed by atoms with van der Waals surface area (Å²) in [5.74, 6) is 5.24. The van der Waals surface area contributed by atoms with Crippen LogP contribution in [0.5, 0.6) is 0 Å². The van der Waals surface area contributed by atoms with Gasteiger partial charge in [0, 0.05) is 13.6 Å². The molecule has 1 heterocycles. The first-order valence-corrected chi connectivity index (χ1v) is 6.49. The highest BCUT2D eigenvalue weighted by Crippen LogP contribution is 2.17. The fourth-order valence-electron chi connectivity index (χ4n) is 1.32. The number of aliphatic hydroxyl groups is 2. The van der Waals surface area contributed by atoms with E-state index < -0.39 is 6.10 Å². The highest BCUT2D eigenvalue weighted by molar-refractivity contribution is 7.14. The van der Waals surface area contributed by atoms with E-state index in [1.165, 1.54) is 11.3 Å². The Kier molecular flexibility index (Phi) is 5.86. The van der Waals surface area contributed by atoms with Crippen LogP contribution in [0.4, 0.5) is 0 Å². The predicted octanol–water partition coefficient (Wildman–Crippen LogP) is 0.935. The molecule has 98 valence electrons. The van der Waals surface area contributed by atoms with Crippen molar-refractivity contribution < 1.29 is 15.0 Å². The molecule has 0 aliphatic rings. The Morgan fingerprint density at radius 3 is 2.89 bits per heavy atom. The molecule has 1 aromatic rings. The van der Waals surface area contributed by atoms with Crippen LogP contribution >= 0.6 is 11.3 Å². The van der Waals surface area contributed by atoms with Gasteiger partial charge in [-0.2, -0.15) is 0 Å². The van der Waals surface area contributed by atoms with Gasteiger partial charge in [-0.3, -0.25) is 4.79 Å². The van der Waals surface area contributed by atoms with E-state index in [0.717, 1.165) is 4.88 Å². The topological polar surface area (TPSA) is 60.8 Å². The maximum atomic E-state index is 12.0. The summed E-state index contributed by atoms with van der Waals surface area (Å²) in [6, 6.07) is 3.50. The second-order valence-corrected chi connectivity index (χ2v) is 5.07. The van der Waals surface area contributed by atoms with Crippen molar-refractivity contribution in [3.63, 3.8) is 0 Å². The SMILES string of the molecule is CC(O)CCN(C)C(=O)c1ccc(C#CCO)s1.